The quantitative estimate of drug-likeness (QED) is 0.228. The van der Waals surface area contributed by atoms with Crippen molar-refractivity contribution >= 4 is 17.3 Å². The van der Waals surface area contributed by atoms with Gasteiger partial charge in [-0.1, -0.05) is 91.0 Å². The summed E-state index contributed by atoms with van der Waals surface area (Å²) in [7, 11) is 0. The maximum Gasteiger partial charge on any atom is 0.291 e. The summed E-state index contributed by atoms with van der Waals surface area (Å²) in [5.74, 6) is 0.0372. The molecule has 0 unspecified atom stereocenters. The molecule has 1 aliphatic rings. The molecule has 1 aromatic heterocycles. The Morgan fingerprint density at radius 2 is 1.27 bits per heavy atom. The first-order valence-corrected chi connectivity index (χ1v) is 13.8. The lowest BCUT2D eigenvalue weighted by atomic mass is 9.67. The van der Waals surface area contributed by atoms with Crippen molar-refractivity contribution in [2.24, 2.45) is 0 Å². The van der Waals surface area contributed by atoms with E-state index in [1.165, 1.54) is 22.4 Å². The zero-order valence-electron chi connectivity index (χ0n) is 22.4. The van der Waals surface area contributed by atoms with Crippen molar-refractivity contribution in [3.05, 3.63) is 150 Å². The van der Waals surface area contributed by atoms with Crippen molar-refractivity contribution in [2.75, 3.05) is 36.4 Å². The predicted molar refractivity (Wildman–Crippen MR) is 161 cm³/mol. The van der Waals surface area contributed by atoms with Crippen molar-refractivity contribution in [3.63, 3.8) is 0 Å². The van der Waals surface area contributed by atoms with Gasteiger partial charge in [-0.05, 0) is 41.0 Å². The molecule has 6 rings (SSSR count). The fraction of sp³-hybridized carbons (Fsp3) is 0.176. The SMILES string of the molecule is O=C(Nc1ccc(N2CCNCC2)cc1)c1ncc(CC(c2ccccc2)(c2ccccc2)c2ccccc2)[nH]1. The topological polar surface area (TPSA) is 73.1 Å². The summed E-state index contributed by atoms with van der Waals surface area (Å²) in [5, 5.41) is 6.37. The van der Waals surface area contributed by atoms with Crippen LogP contribution in [0.4, 0.5) is 11.4 Å². The maximum atomic E-state index is 13.2. The Hall–Kier alpha value is -4.68. The highest BCUT2D eigenvalue weighted by Crippen LogP contribution is 2.41. The molecule has 1 fully saturated rings. The van der Waals surface area contributed by atoms with Crippen molar-refractivity contribution in [3.8, 4) is 0 Å². The molecule has 1 amide bonds. The van der Waals surface area contributed by atoms with E-state index in [4.69, 9.17) is 0 Å². The molecule has 0 bridgehead atoms. The molecule has 40 heavy (non-hydrogen) atoms. The number of anilines is 2. The zero-order chi connectivity index (χ0) is 27.2. The van der Waals surface area contributed by atoms with Gasteiger partial charge in [0.15, 0.2) is 5.82 Å². The first-order chi connectivity index (χ1) is 19.7. The molecule has 0 aliphatic carbocycles. The van der Waals surface area contributed by atoms with Gasteiger partial charge in [0.05, 0.1) is 5.41 Å². The molecule has 3 N–H and O–H groups in total. The normalized spacial score (nSPS) is 13.7. The minimum absolute atomic E-state index is 0.258. The Bertz CT molecular complexity index is 1430. The Labute approximate surface area is 235 Å². The number of amides is 1. The Morgan fingerprint density at radius 1 is 0.750 bits per heavy atom. The number of aromatic nitrogens is 2. The molecule has 200 valence electrons. The maximum absolute atomic E-state index is 13.2. The monoisotopic (exact) mass is 527 g/mol. The van der Waals surface area contributed by atoms with E-state index in [1.54, 1.807) is 6.20 Å². The molecular formula is C34H33N5O. The van der Waals surface area contributed by atoms with Crippen LogP contribution in [-0.2, 0) is 11.8 Å². The van der Waals surface area contributed by atoms with E-state index in [2.05, 4.69) is 110 Å². The van der Waals surface area contributed by atoms with E-state index in [0.717, 1.165) is 37.6 Å². The average molecular weight is 528 g/mol. The van der Waals surface area contributed by atoms with E-state index in [9.17, 15) is 4.79 Å². The molecule has 0 atom stereocenters. The number of benzene rings is 4. The fourth-order valence-electron chi connectivity index (χ4n) is 5.69. The number of carbonyl (C=O) groups is 1. The van der Waals surface area contributed by atoms with Gasteiger partial charge in [0.2, 0.25) is 0 Å². The Morgan fingerprint density at radius 3 is 1.80 bits per heavy atom. The number of nitrogens with zero attached hydrogens (tertiary/aromatic N) is 2. The summed E-state index contributed by atoms with van der Waals surface area (Å²) in [6.45, 7) is 3.94. The number of aromatic amines is 1. The van der Waals surface area contributed by atoms with E-state index < -0.39 is 5.41 Å². The van der Waals surface area contributed by atoms with E-state index in [1.807, 2.05) is 30.3 Å². The van der Waals surface area contributed by atoms with Crippen LogP contribution in [0.3, 0.4) is 0 Å². The van der Waals surface area contributed by atoms with Crippen LogP contribution in [0.25, 0.3) is 0 Å². The highest BCUT2D eigenvalue weighted by Gasteiger charge is 2.37. The molecule has 6 heteroatoms. The lowest BCUT2D eigenvalue weighted by Gasteiger charge is -2.36. The van der Waals surface area contributed by atoms with Gasteiger partial charge in [0.25, 0.3) is 5.91 Å². The second-order valence-electron chi connectivity index (χ2n) is 10.2. The highest BCUT2D eigenvalue weighted by molar-refractivity contribution is 6.01. The van der Waals surface area contributed by atoms with Crippen molar-refractivity contribution in [2.45, 2.75) is 11.8 Å². The van der Waals surface area contributed by atoms with Gasteiger partial charge < -0.3 is 20.5 Å². The first kappa shape index (κ1) is 25.6. The van der Waals surface area contributed by atoms with Crippen LogP contribution in [0.2, 0.25) is 0 Å². The standard InChI is InChI=1S/C34H33N5O/c40-33(38-29-16-18-31(19-17-29)39-22-20-35-21-23-39)32-36-25-30(37-32)24-34(26-10-4-1-5-11-26,27-12-6-2-7-13-27)28-14-8-3-9-15-28/h1-19,25,35H,20-24H2,(H,36,37)(H,38,40). The van der Waals surface area contributed by atoms with Gasteiger partial charge >= 0.3 is 0 Å². The van der Waals surface area contributed by atoms with Crippen molar-refractivity contribution < 1.29 is 4.79 Å². The molecule has 1 saturated heterocycles. The average Bonchev–Trinajstić information content (AvgIpc) is 3.51. The molecule has 6 nitrogen and oxygen atoms in total. The lowest BCUT2D eigenvalue weighted by Crippen LogP contribution is -2.43. The van der Waals surface area contributed by atoms with Gasteiger partial charge in [0, 0.05) is 55.9 Å². The number of piperazine rings is 1. The minimum atomic E-state index is -0.468. The zero-order valence-corrected chi connectivity index (χ0v) is 22.4. The third-order valence-corrected chi connectivity index (χ3v) is 7.71. The lowest BCUT2D eigenvalue weighted by molar-refractivity contribution is 0.101. The Balaban J connectivity index is 1.28. The number of hydrogen-bond acceptors (Lipinski definition) is 4. The first-order valence-electron chi connectivity index (χ1n) is 13.8. The number of nitrogens with one attached hydrogen (secondary N) is 3. The minimum Gasteiger partial charge on any atom is -0.369 e. The van der Waals surface area contributed by atoms with Crippen LogP contribution >= 0.6 is 0 Å². The summed E-state index contributed by atoms with van der Waals surface area (Å²) in [5.41, 5.74) is 5.86. The summed E-state index contributed by atoms with van der Waals surface area (Å²) < 4.78 is 0. The van der Waals surface area contributed by atoms with Crippen molar-refractivity contribution in [1.82, 2.24) is 15.3 Å². The van der Waals surface area contributed by atoms with Crippen LogP contribution < -0.4 is 15.5 Å². The summed E-state index contributed by atoms with van der Waals surface area (Å²) >= 11 is 0. The van der Waals surface area contributed by atoms with E-state index in [0.29, 0.717) is 12.2 Å². The third kappa shape index (κ3) is 5.26. The molecule has 0 radical (unpaired) electrons. The molecule has 4 aromatic carbocycles. The van der Waals surface area contributed by atoms with E-state index >= 15 is 0 Å². The molecule has 5 aromatic rings. The van der Waals surface area contributed by atoms with Gasteiger partial charge in [-0.3, -0.25) is 4.79 Å². The van der Waals surface area contributed by atoms with Crippen LogP contribution in [0.1, 0.15) is 33.0 Å². The summed E-state index contributed by atoms with van der Waals surface area (Å²) in [4.78, 5) is 23.3. The van der Waals surface area contributed by atoms with Crippen LogP contribution in [0.15, 0.2) is 121 Å². The molecule has 0 spiro atoms. The molecule has 1 aliphatic heterocycles. The number of H-pyrrole nitrogens is 1. The molecule has 2 heterocycles. The second kappa shape index (κ2) is 11.6. The van der Waals surface area contributed by atoms with Gasteiger partial charge in [-0.15, -0.1) is 0 Å². The number of imidazole rings is 1. The number of hydrogen-bond donors (Lipinski definition) is 3. The van der Waals surface area contributed by atoms with Gasteiger partial charge in [-0.25, -0.2) is 4.98 Å². The van der Waals surface area contributed by atoms with E-state index in [-0.39, 0.29) is 5.91 Å². The van der Waals surface area contributed by atoms with Gasteiger partial charge in [-0.2, -0.15) is 0 Å². The highest BCUT2D eigenvalue weighted by atomic mass is 16.2. The number of carbonyl (C=O) groups excluding carboxylic acids is 1. The predicted octanol–water partition coefficient (Wildman–Crippen LogP) is 5.65. The summed E-state index contributed by atoms with van der Waals surface area (Å²) in [6.07, 6.45) is 2.40. The molecule has 0 saturated carbocycles. The van der Waals surface area contributed by atoms with Crippen LogP contribution in [-0.4, -0.2) is 42.1 Å². The fourth-order valence-corrected chi connectivity index (χ4v) is 5.69. The van der Waals surface area contributed by atoms with Crippen LogP contribution in [0.5, 0.6) is 0 Å². The van der Waals surface area contributed by atoms with Gasteiger partial charge in [0.1, 0.15) is 0 Å². The smallest absolute Gasteiger partial charge is 0.291 e. The van der Waals surface area contributed by atoms with Crippen LogP contribution in [0, 0.1) is 0 Å². The van der Waals surface area contributed by atoms with Crippen molar-refractivity contribution in [1.29, 1.82) is 0 Å². The Kier molecular flexibility index (Phi) is 7.42. The molecular weight excluding hydrogens is 494 g/mol. The summed E-state index contributed by atoms with van der Waals surface area (Å²) in [6, 6.07) is 39.7. The third-order valence-electron chi connectivity index (χ3n) is 7.71. The number of rotatable bonds is 8. The second-order valence-corrected chi connectivity index (χ2v) is 10.2. The largest absolute Gasteiger partial charge is 0.369 e.